The Morgan fingerprint density at radius 3 is 2.93 bits per heavy atom. The molecule has 0 aliphatic carbocycles. The lowest BCUT2D eigenvalue weighted by Crippen LogP contribution is -2.28. The first kappa shape index (κ1) is 10.8. The van der Waals surface area contributed by atoms with Gasteiger partial charge in [0, 0.05) is 17.5 Å². The summed E-state index contributed by atoms with van der Waals surface area (Å²) in [5.41, 5.74) is 0.952. The maximum Gasteiger partial charge on any atom is 0.191 e. The number of thiazole rings is 1. The molecule has 0 spiro atoms. The smallest absolute Gasteiger partial charge is 0.191 e. The number of carbonyl (C=O) groups excluding carboxylic acids is 1. The number of carbonyl (C=O) groups is 1. The molecule has 15 heavy (non-hydrogen) atoms. The van der Waals surface area contributed by atoms with E-state index in [1.807, 2.05) is 12.3 Å². The molecule has 2 rings (SSSR count). The van der Waals surface area contributed by atoms with E-state index in [9.17, 15) is 4.79 Å². The molecule has 0 bridgehead atoms. The van der Waals surface area contributed by atoms with Crippen molar-refractivity contribution < 1.29 is 4.79 Å². The van der Waals surface area contributed by atoms with Crippen LogP contribution in [0.4, 0.5) is 0 Å². The zero-order chi connectivity index (χ0) is 10.7. The minimum Gasteiger partial charge on any atom is -0.317 e. The van der Waals surface area contributed by atoms with Gasteiger partial charge >= 0.3 is 0 Å². The Kier molecular flexibility index (Phi) is 3.49. The van der Waals surface area contributed by atoms with Crippen LogP contribution in [0.3, 0.4) is 0 Å². The van der Waals surface area contributed by atoms with Crippen LogP contribution in [-0.2, 0) is 0 Å². The van der Waals surface area contributed by atoms with E-state index in [-0.39, 0.29) is 5.78 Å². The van der Waals surface area contributed by atoms with Gasteiger partial charge in [0.15, 0.2) is 10.8 Å². The number of ketones is 1. The van der Waals surface area contributed by atoms with Crippen LogP contribution in [0.15, 0.2) is 5.38 Å². The van der Waals surface area contributed by atoms with Gasteiger partial charge < -0.3 is 5.32 Å². The predicted molar refractivity (Wildman–Crippen MR) is 61.4 cm³/mol. The van der Waals surface area contributed by atoms with E-state index in [1.165, 1.54) is 11.3 Å². The monoisotopic (exact) mass is 224 g/mol. The Labute approximate surface area is 93.9 Å². The first-order valence-corrected chi connectivity index (χ1v) is 6.29. The highest BCUT2D eigenvalue weighted by atomic mass is 32.1. The summed E-state index contributed by atoms with van der Waals surface area (Å²) < 4.78 is 0. The number of aromatic nitrogens is 1. The van der Waals surface area contributed by atoms with Crippen LogP contribution in [-0.4, -0.2) is 23.9 Å². The summed E-state index contributed by atoms with van der Waals surface area (Å²) in [5.74, 6) is 0.781. The van der Waals surface area contributed by atoms with Crippen molar-refractivity contribution in [1.29, 1.82) is 0 Å². The van der Waals surface area contributed by atoms with Gasteiger partial charge in [-0.05, 0) is 38.8 Å². The van der Waals surface area contributed by atoms with Gasteiger partial charge in [0.05, 0.1) is 0 Å². The first-order valence-electron chi connectivity index (χ1n) is 5.42. The van der Waals surface area contributed by atoms with Crippen molar-refractivity contribution in [1.82, 2.24) is 10.3 Å². The zero-order valence-electron chi connectivity index (χ0n) is 8.95. The van der Waals surface area contributed by atoms with Crippen LogP contribution in [0.5, 0.6) is 0 Å². The molecule has 0 unspecified atom stereocenters. The molecule has 3 nitrogen and oxygen atoms in total. The van der Waals surface area contributed by atoms with Gasteiger partial charge in [0.2, 0.25) is 0 Å². The van der Waals surface area contributed by atoms with Crippen molar-refractivity contribution in [2.75, 3.05) is 13.1 Å². The fourth-order valence-electron chi connectivity index (χ4n) is 1.92. The molecule has 1 aromatic rings. The number of hydrogen-bond acceptors (Lipinski definition) is 4. The van der Waals surface area contributed by atoms with Gasteiger partial charge in [0.1, 0.15) is 0 Å². The van der Waals surface area contributed by atoms with Crippen molar-refractivity contribution in [3.05, 3.63) is 16.1 Å². The second-order valence-corrected chi connectivity index (χ2v) is 4.97. The van der Waals surface area contributed by atoms with E-state index < -0.39 is 0 Å². The van der Waals surface area contributed by atoms with Crippen LogP contribution in [0.1, 0.15) is 34.8 Å². The third-order valence-corrected chi connectivity index (χ3v) is 3.79. The zero-order valence-corrected chi connectivity index (χ0v) is 9.77. The fraction of sp³-hybridized carbons (Fsp3) is 0.636. The topological polar surface area (TPSA) is 42.0 Å². The molecule has 0 saturated carbocycles. The van der Waals surface area contributed by atoms with E-state index >= 15 is 0 Å². The summed E-state index contributed by atoms with van der Waals surface area (Å²) in [7, 11) is 0. The lowest BCUT2D eigenvalue weighted by atomic mass is 9.93. The molecule has 1 aromatic heterocycles. The molecule has 1 fully saturated rings. The van der Waals surface area contributed by atoms with Crippen LogP contribution in [0.2, 0.25) is 0 Å². The summed E-state index contributed by atoms with van der Waals surface area (Å²) in [6, 6.07) is 0. The number of nitrogens with zero attached hydrogens (tertiary/aromatic N) is 1. The molecule has 1 saturated heterocycles. The van der Waals surface area contributed by atoms with E-state index in [4.69, 9.17) is 0 Å². The summed E-state index contributed by atoms with van der Waals surface area (Å²) in [4.78, 5) is 16.1. The van der Waals surface area contributed by atoms with Gasteiger partial charge in [-0.1, -0.05) is 0 Å². The highest BCUT2D eigenvalue weighted by Crippen LogP contribution is 2.20. The maximum absolute atomic E-state index is 11.9. The van der Waals surface area contributed by atoms with Gasteiger partial charge in [-0.3, -0.25) is 4.79 Å². The Hall–Kier alpha value is -0.740. The highest BCUT2D eigenvalue weighted by molar-refractivity contribution is 7.11. The van der Waals surface area contributed by atoms with Crippen molar-refractivity contribution in [2.45, 2.75) is 26.2 Å². The SMILES string of the molecule is Cc1csc(C(=O)CC2CCNCC2)n1. The molecule has 0 aromatic carbocycles. The maximum atomic E-state index is 11.9. The third-order valence-electron chi connectivity index (χ3n) is 2.79. The molecule has 2 heterocycles. The van der Waals surface area contributed by atoms with Crippen LogP contribution in [0.25, 0.3) is 0 Å². The number of Topliss-reactive ketones (excluding diaryl/α,β-unsaturated/α-hetero) is 1. The molecular formula is C11H16N2OS. The molecule has 0 atom stereocenters. The Morgan fingerprint density at radius 2 is 2.33 bits per heavy atom. The van der Waals surface area contributed by atoms with Crippen molar-refractivity contribution in [2.24, 2.45) is 5.92 Å². The van der Waals surface area contributed by atoms with E-state index in [0.717, 1.165) is 31.6 Å². The predicted octanol–water partition coefficient (Wildman–Crippen LogP) is 2.02. The Morgan fingerprint density at radius 1 is 1.60 bits per heavy atom. The van der Waals surface area contributed by atoms with Crippen LogP contribution < -0.4 is 5.32 Å². The first-order chi connectivity index (χ1) is 7.25. The second-order valence-electron chi connectivity index (χ2n) is 4.11. The second kappa shape index (κ2) is 4.86. The van der Waals surface area contributed by atoms with Gasteiger partial charge in [-0.25, -0.2) is 4.98 Å². The molecule has 82 valence electrons. The average Bonchev–Trinajstić information content (AvgIpc) is 2.66. The fourth-order valence-corrected chi connectivity index (χ4v) is 2.66. The summed E-state index contributed by atoms with van der Waals surface area (Å²) in [6.45, 7) is 4.03. The lowest BCUT2D eigenvalue weighted by molar-refractivity contribution is 0.0952. The molecule has 1 aliphatic heterocycles. The molecule has 1 N–H and O–H groups in total. The minimum absolute atomic E-state index is 0.222. The average molecular weight is 224 g/mol. The summed E-state index contributed by atoms with van der Waals surface area (Å²) in [6.07, 6.45) is 2.92. The number of aryl methyl sites for hydroxylation is 1. The minimum atomic E-state index is 0.222. The number of nitrogens with one attached hydrogen (secondary N) is 1. The summed E-state index contributed by atoms with van der Waals surface area (Å²) in [5, 5.41) is 5.93. The molecular weight excluding hydrogens is 208 g/mol. The number of rotatable bonds is 3. The largest absolute Gasteiger partial charge is 0.317 e. The van der Waals surface area contributed by atoms with Gasteiger partial charge in [-0.15, -0.1) is 11.3 Å². The van der Waals surface area contributed by atoms with E-state index in [0.29, 0.717) is 17.3 Å². The Balaban J connectivity index is 1.91. The molecule has 1 aliphatic rings. The molecule has 0 amide bonds. The number of piperidine rings is 1. The van der Waals surface area contributed by atoms with Crippen molar-refractivity contribution in [3.8, 4) is 0 Å². The van der Waals surface area contributed by atoms with Gasteiger partial charge in [0.25, 0.3) is 0 Å². The van der Waals surface area contributed by atoms with E-state index in [1.54, 1.807) is 0 Å². The molecule has 4 heteroatoms. The number of hydrogen-bond donors (Lipinski definition) is 1. The van der Waals surface area contributed by atoms with Crippen LogP contribution >= 0.6 is 11.3 Å². The normalized spacial score (nSPS) is 17.9. The quantitative estimate of drug-likeness (QED) is 0.799. The molecule has 0 radical (unpaired) electrons. The van der Waals surface area contributed by atoms with Gasteiger partial charge in [-0.2, -0.15) is 0 Å². The lowest BCUT2D eigenvalue weighted by Gasteiger charge is -2.21. The third kappa shape index (κ3) is 2.86. The van der Waals surface area contributed by atoms with Crippen molar-refractivity contribution in [3.63, 3.8) is 0 Å². The van der Waals surface area contributed by atoms with E-state index in [2.05, 4.69) is 10.3 Å². The highest BCUT2D eigenvalue weighted by Gasteiger charge is 2.19. The Bertz CT molecular complexity index is 342. The standard InChI is InChI=1S/C11H16N2OS/c1-8-7-15-11(13-8)10(14)6-9-2-4-12-5-3-9/h7,9,12H,2-6H2,1H3. The summed E-state index contributed by atoms with van der Waals surface area (Å²) >= 11 is 1.47. The van der Waals surface area contributed by atoms with Crippen LogP contribution in [0, 0.1) is 12.8 Å². The van der Waals surface area contributed by atoms with Crippen molar-refractivity contribution >= 4 is 17.1 Å².